The van der Waals surface area contributed by atoms with Crippen molar-refractivity contribution in [3.8, 4) is 5.75 Å². The Hall–Kier alpha value is -2.95. The zero-order chi connectivity index (χ0) is 25.3. The fourth-order valence-corrected chi connectivity index (χ4v) is 5.72. The van der Waals surface area contributed by atoms with E-state index in [-0.39, 0.29) is 18.7 Å². The summed E-state index contributed by atoms with van der Waals surface area (Å²) in [6, 6.07) is 6.36. The molecule has 0 bridgehead atoms. The summed E-state index contributed by atoms with van der Waals surface area (Å²) < 4.78 is 7.58. The Bertz CT molecular complexity index is 1200. The molecule has 1 aromatic carbocycles. The van der Waals surface area contributed by atoms with Gasteiger partial charge < -0.3 is 25.6 Å². The summed E-state index contributed by atoms with van der Waals surface area (Å²) in [5, 5.41) is 24.0. The number of benzene rings is 1. The molecule has 4 N–H and O–H groups in total. The number of hydrogen-bond acceptors (Lipinski definition) is 9. The lowest BCUT2D eigenvalue weighted by Crippen LogP contribution is -2.63. The second-order valence-electron chi connectivity index (χ2n) is 10.4. The van der Waals surface area contributed by atoms with Gasteiger partial charge in [0.1, 0.15) is 11.3 Å². The van der Waals surface area contributed by atoms with E-state index in [2.05, 4.69) is 40.0 Å². The number of anilines is 2. The van der Waals surface area contributed by atoms with Crippen LogP contribution in [0.4, 0.5) is 11.8 Å². The van der Waals surface area contributed by atoms with E-state index in [4.69, 9.17) is 15.6 Å². The Morgan fingerprint density at radius 1 is 1.19 bits per heavy atom. The first kappa shape index (κ1) is 24.7. The minimum atomic E-state index is -0.0990. The topological polar surface area (TPSA) is 126 Å². The van der Waals surface area contributed by atoms with Crippen LogP contribution >= 0.6 is 0 Å². The molecule has 36 heavy (non-hydrogen) atoms. The molecule has 0 amide bonds. The first-order chi connectivity index (χ1) is 17.4. The first-order valence-corrected chi connectivity index (χ1v) is 12.8. The van der Waals surface area contributed by atoms with E-state index < -0.39 is 0 Å². The third-order valence-electron chi connectivity index (χ3n) is 7.41. The van der Waals surface area contributed by atoms with Crippen LogP contribution in [-0.2, 0) is 13.1 Å². The van der Waals surface area contributed by atoms with Crippen LogP contribution in [0.1, 0.15) is 43.7 Å². The monoisotopic (exact) mass is 495 g/mol. The second-order valence-corrected chi connectivity index (χ2v) is 10.4. The van der Waals surface area contributed by atoms with E-state index >= 15 is 0 Å². The number of hydrogen-bond donors (Lipinski definition) is 3. The fraction of sp³-hybridized carbons (Fsp3) is 0.577. The molecule has 1 aliphatic heterocycles. The van der Waals surface area contributed by atoms with Crippen molar-refractivity contribution in [1.82, 2.24) is 24.6 Å². The van der Waals surface area contributed by atoms with Crippen molar-refractivity contribution in [1.29, 1.82) is 0 Å². The van der Waals surface area contributed by atoms with Crippen molar-refractivity contribution in [3.05, 3.63) is 35.5 Å². The number of unbranched alkanes of at least 4 members (excludes halogenated alkanes) is 1. The first-order valence-electron chi connectivity index (χ1n) is 12.8. The van der Waals surface area contributed by atoms with E-state index in [0.717, 1.165) is 63.2 Å². The molecular formula is C26H37N7O3. The van der Waals surface area contributed by atoms with Crippen molar-refractivity contribution in [2.45, 2.75) is 51.8 Å². The molecule has 3 aromatic rings. The largest absolute Gasteiger partial charge is 0.496 e. The van der Waals surface area contributed by atoms with Gasteiger partial charge in [-0.1, -0.05) is 25.5 Å². The van der Waals surface area contributed by atoms with Crippen molar-refractivity contribution >= 4 is 22.8 Å². The van der Waals surface area contributed by atoms with Crippen LogP contribution in [-0.4, -0.2) is 80.9 Å². The Balaban J connectivity index is 1.33. The van der Waals surface area contributed by atoms with Gasteiger partial charge in [0, 0.05) is 43.7 Å². The zero-order valence-corrected chi connectivity index (χ0v) is 21.2. The Kier molecular flexibility index (Phi) is 7.00. The van der Waals surface area contributed by atoms with Crippen LogP contribution in [0.15, 0.2) is 24.4 Å². The number of aromatic nitrogens is 4. The third kappa shape index (κ3) is 4.98. The fourth-order valence-electron chi connectivity index (χ4n) is 5.72. The van der Waals surface area contributed by atoms with E-state index in [9.17, 15) is 10.2 Å². The predicted molar refractivity (Wildman–Crippen MR) is 139 cm³/mol. The maximum atomic E-state index is 9.64. The van der Waals surface area contributed by atoms with Gasteiger partial charge in [-0.25, -0.2) is 4.98 Å². The van der Waals surface area contributed by atoms with Gasteiger partial charge in [-0.15, -0.1) is 0 Å². The van der Waals surface area contributed by atoms with E-state index in [1.807, 2.05) is 15.8 Å². The van der Waals surface area contributed by atoms with Crippen molar-refractivity contribution in [3.63, 3.8) is 0 Å². The van der Waals surface area contributed by atoms with Gasteiger partial charge in [-0.05, 0) is 30.9 Å². The Morgan fingerprint density at radius 3 is 2.69 bits per heavy atom. The normalized spacial score (nSPS) is 17.3. The quantitative estimate of drug-likeness (QED) is 0.366. The van der Waals surface area contributed by atoms with Crippen LogP contribution in [0.2, 0.25) is 0 Å². The molecule has 5 rings (SSSR count). The van der Waals surface area contributed by atoms with Crippen molar-refractivity contribution < 1.29 is 14.9 Å². The molecule has 2 fully saturated rings. The second kappa shape index (κ2) is 10.2. The summed E-state index contributed by atoms with van der Waals surface area (Å²) in [5.41, 5.74) is 9.98. The highest BCUT2D eigenvalue weighted by molar-refractivity contribution is 5.86. The molecule has 10 heteroatoms. The Morgan fingerprint density at radius 2 is 2.00 bits per heavy atom. The highest BCUT2D eigenvalue weighted by Crippen LogP contribution is 2.48. The smallest absolute Gasteiger partial charge is 0.222 e. The number of likely N-dealkylation sites (tertiary alicyclic amines) is 1. The maximum Gasteiger partial charge on any atom is 0.222 e. The Labute approximate surface area is 211 Å². The van der Waals surface area contributed by atoms with E-state index in [1.54, 1.807) is 7.11 Å². The molecule has 10 nitrogen and oxygen atoms in total. The summed E-state index contributed by atoms with van der Waals surface area (Å²) in [4.78, 5) is 13.3. The molecule has 0 unspecified atom stereocenters. The molecular weight excluding hydrogens is 458 g/mol. The molecule has 1 saturated carbocycles. The van der Waals surface area contributed by atoms with Crippen molar-refractivity contribution in [2.24, 2.45) is 5.41 Å². The molecule has 0 radical (unpaired) electrons. The molecule has 3 heterocycles. The van der Waals surface area contributed by atoms with Gasteiger partial charge in [0.25, 0.3) is 0 Å². The molecule has 2 aliphatic rings. The number of nitrogen functional groups attached to an aromatic ring is 1. The number of nitrogens with zero attached hydrogens (tertiary/aromatic N) is 6. The number of fused-ring (bicyclic) bond motifs is 1. The summed E-state index contributed by atoms with van der Waals surface area (Å²) in [6.45, 7) is 6.93. The number of rotatable bonds is 11. The molecule has 1 saturated heterocycles. The van der Waals surface area contributed by atoms with Crippen LogP contribution in [0.3, 0.4) is 0 Å². The van der Waals surface area contributed by atoms with Crippen LogP contribution in [0.5, 0.6) is 5.75 Å². The summed E-state index contributed by atoms with van der Waals surface area (Å²) in [7, 11) is 1.70. The lowest BCUT2D eigenvalue weighted by atomic mass is 9.62. The SMILES string of the molecule is CCCCN(CCO)c1nc(N)nc2cn(Cc3ccc(CN4CC5(CC(O)C5)C4)cc3OC)nc12. The van der Waals surface area contributed by atoms with Gasteiger partial charge in [-0.3, -0.25) is 9.58 Å². The molecule has 2 aromatic heterocycles. The number of aliphatic hydroxyl groups excluding tert-OH is 2. The number of ether oxygens (including phenoxy) is 1. The number of methoxy groups -OCH3 is 1. The predicted octanol–water partition coefficient (Wildman–Crippen LogP) is 2.02. The standard InChI is InChI=1S/C26H37N7O3/c1-3-4-7-32(8-9-34)24-23-21(28-25(27)29-24)15-33(30-23)14-19-6-5-18(10-22(19)36-2)13-31-16-26(17-31)11-20(35)12-26/h5-6,10,15,20,34-35H,3-4,7-9,11-14,16-17H2,1-2H3,(H2,27,28). The van der Waals surface area contributed by atoms with Crippen molar-refractivity contribution in [2.75, 3.05) is 50.5 Å². The zero-order valence-electron chi connectivity index (χ0n) is 21.2. The summed E-state index contributed by atoms with van der Waals surface area (Å²) in [6.07, 6.45) is 5.69. The third-order valence-corrected chi connectivity index (χ3v) is 7.41. The molecule has 0 atom stereocenters. The maximum absolute atomic E-state index is 9.64. The minimum Gasteiger partial charge on any atom is -0.496 e. The minimum absolute atomic E-state index is 0.0275. The van der Waals surface area contributed by atoms with Gasteiger partial charge in [-0.2, -0.15) is 10.1 Å². The van der Waals surface area contributed by atoms with Gasteiger partial charge >= 0.3 is 0 Å². The summed E-state index contributed by atoms with van der Waals surface area (Å²) >= 11 is 0. The van der Waals surface area contributed by atoms with Crippen LogP contribution in [0.25, 0.3) is 11.0 Å². The van der Waals surface area contributed by atoms with Gasteiger partial charge in [0.2, 0.25) is 5.95 Å². The van der Waals surface area contributed by atoms with E-state index in [0.29, 0.717) is 35.4 Å². The highest BCUT2D eigenvalue weighted by Gasteiger charge is 2.51. The summed E-state index contributed by atoms with van der Waals surface area (Å²) in [5.74, 6) is 1.69. The van der Waals surface area contributed by atoms with Crippen LogP contribution < -0.4 is 15.4 Å². The lowest BCUT2D eigenvalue weighted by Gasteiger charge is -2.58. The van der Waals surface area contributed by atoms with Gasteiger partial charge in [0.05, 0.1) is 32.6 Å². The van der Waals surface area contributed by atoms with E-state index in [1.165, 1.54) is 5.56 Å². The van der Waals surface area contributed by atoms with Gasteiger partial charge in [0.15, 0.2) is 11.3 Å². The molecule has 1 spiro atoms. The number of aliphatic hydroxyl groups is 2. The molecule has 1 aliphatic carbocycles. The average Bonchev–Trinajstić information content (AvgIpc) is 3.22. The lowest BCUT2D eigenvalue weighted by molar-refractivity contribution is -0.131. The molecule has 194 valence electrons. The highest BCUT2D eigenvalue weighted by atomic mass is 16.5. The van der Waals surface area contributed by atoms with Crippen LogP contribution in [0, 0.1) is 5.41 Å². The average molecular weight is 496 g/mol. The number of nitrogens with two attached hydrogens (primary N) is 1.